The summed E-state index contributed by atoms with van der Waals surface area (Å²) < 4.78 is 0. The molecule has 0 radical (unpaired) electrons. The molecule has 0 amide bonds. The first-order chi connectivity index (χ1) is 7.16. The lowest BCUT2D eigenvalue weighted by molar-refractivity contribution is 0.420. The van der Waals surface area contributed by atoms with Gasteiger partial charge < -0.3 is 0 Å². The molecule has 0 saturated heterocycles. The number of hydrogen-bond acceptors (Lipinski definition) is 2. The number of nitrogens with one attached hydrogen (secondary N) is 1. The van der Waals surface area contributed by atoms with Gasteiger partial charge in [-0.2, -0.15) is 0 Å². The van der Waals surface area contributed by atoms with E-state index in [1.54, 1.807) is 0 Å². The topological polar surface area (TPSA) is 24.9 Å². The summed E-state index contributed by atoms with van der Waals surface area (Å²) in [6.07, 6.45) is 7.09. The number of aryl methyl sites for hydroxylation is 1. The van der Waals surface area contributed by atoms with Gasteiger partial charge in [0.05, 0.1) is 18.3 Å². The van der Waals surface area contributed by atoms with Gasteiger partial charge in [0, 0.05) is 6.20 Å². The molecule has 0 spiro atoms. The van der Waals surface area contributed by atoms with Crippen LogP contribution in [-0.2, 0) is 0 Å². The number of rotatable bonds is 4. The van der Waals surface area contributed by atoms with Crippen LogP contribution in [0.3, 0.4) is 0 Å². The SMILES string of the molecule is C#CCNC(c1ncccc1C)C(C)C. The van der Waals surface area contributed by atoms with Crippen LogP contribution in [0.2, 0.25) is 0 Å². The Bertz CT molecular complexity index is 350. The van der Waals surface area contributed by atoms with E-state index in [4.69, 9.17) is 6.42 Å². The molecule has 1 aromatic rings. The Morgan fingerprint density at radius 3 is 2.80 bits per heavy atom. The van der Waals surface area contributed by atoms with Crippen LogP contribution >= 0.6 is 0 Å². The summed E-state index contributed by atoms with van der Waals surface area (Å²) in [6.45, 7) is 7.00. The van der Waals surface area contributed by atoms with Crippen LogP contribution in [0.4, 0.5) is 0 Å². The third kappa shape index (κ3) is 3.07. The Kier molecular flexibility index (Phi) is 4.33. The Balaban J connectivity index is 2.90. The van der Waals surface area contributed by atoms with E-state index in [-0.39, 0.29) is 6.04 Å². The normalized spacial score (nSPS) is 12.5. The second kappa shape index (κ2) is 5.53. The minimum atomic E-state index is 0.238. The Labute approximate surface area is 92.1 Å². The predicted octanol–water partition coefficient (Wildman–Crippen LogP) is 2.31. The van der Waals surface area contributed by atoms with Gasteiger partial charge in [0.25, 0.3) is 0 Å². The zero-order chi connectivity index (χ0) is 11.3. The van der Waals surface area contributed by atoms with Crippen molar-refractivity contribution in [1.82, 2.24) is 10.3 Å². The maximum atomic E-state index is 5.26. The molecule has 1 rings (SSSR count). The van der Waals surface area contributed by atoms with Gasteiger partial charge in [0.1, 0.15) is 0 Å². The van der Waals surface area contributed by atoms with Crippen LogP contribution in [0.1, 0.15) is 31.1 Å². The molecule has 0 aliphatic rings. The molecule has 2 heteroatoms. The Morgan fingerprint density at radius 1 is 1.53 bits per heavy atom. The van der Waals surface area contributed by atoms with Crippen molar-refractivity contribution in [3.8, 4) is 12.3 Å². The monoisotopic (exact) mass is 202 g/mol. The summed E-state index contributed by atoms with van der Waals surface area (Å²) in [4.78, 5) is 4.42. The van der Waals surface area contributed by atoms with Crippen molar-refractivity contribution in [1.29, 1.82) is 0 Å². The molecule has 0 bridgehead atoms. The molecular formula is C13H18N2. The molecule has 1 atom stereocenters. The molecule has 1 unspecified atom stereocenters. The molecule has 15 heavy (non-hydrogen) atoms. The van der Waals surface area contributed by atoms with E-state index in [9.17, 15) is 0 Å². The standard InChI is InChI=1S/C13H18N2/c1-5-8-14-12(10(2)3)13-11(4)7-6-9-15-13/h1,6-7,9-10,12,14H,8H2,2-4H3. The summed E-state index contributed by atoms with van der Waals surface area (Å²) in [5, 5.41) is 3.33. The van der Waals surface area contributed by atoms with Crippen molar-refractivity contribution in [2.24, 2.45) is 5.92 Å². The van der Waals surface area contributed by atoms with E-state index in [1.165, 1.54) is 5.56 Å². The zero-order valence-electron chi connectivity index (χ0n) is 9.62. The van der Waals surface area contributed by atoms with Crippen LogP contribution in [0.25, 0.3) is 0 Å². The minimum absolute atomic E-state index is 0.238. The van der Waals surface area contributed by atoms with Crippen molar-refractivity contribution in [2.75, 3.05) is 6.54 Å². The molecule has 2 nitrogen and oxygen atoms in total. The molecule has 0 aliphatic carbocycles. The van der Waals surface area contributed by atoms with Gasteiger partial charge in [-0.1, -0.05) is 25.8 Å². The summed E-state index contributed by atoms with van der Waals surface area (Å²) in [6, 6.07) is 4.27. The van der Waals surface area contributed by atoms with Gasteiger partial charge in [-0.05, 0) is 24.5 Å². The molecule has 1 N–H and O–H groups in total. The molecule has 0 aliphatic heterocycles. The van der Waals surface area contributed by atoms with Crippen LogP contribution in [0.5, 0.6) is 0 Å². The van der Waals surface area contributed by atoms with Gasteiger partial charge in [0.2, 0.25) is 0 Å². The Morgan fingerprint density at radius 2 is 2.27 bits per heavy atom. The van der Waals surface area contributed by atoms with Gasteiger partial charge >= 0.3 is 0 Å². The fraction of sp³-hybridized carbons (Fsp3) is 0.462. The lowest BCUT2D eigenvalue weighted by atomic mass is 9.97. The third-order valence-electron chi connectivity index (χ3n) is 2.44. The van der Waals surface area contributed by atoms with Gasteiger partial charge in [0.15, 0.2) is 0 Å². The minimum Gasteiger partial charge on any atom is -0.298 e. The Hall–Kier alpha value is -1.33. The van der Waals surface area contributed by atoms with Crippen molar-refractivity contribution in [2.45, 2.75) is 26.8 Å². The van der Waals surface area contributed by atoms with E-state index in [2.05, 4.69) is 43.1 Å². The second-order valence-electron chi connectivity index (χ2n) is 4.01. The quantitative estimate of drug-likeness (QED) is 0.758. The zero-order valence-corrected chi connectivity index (χ0v) is 9.62. The van der Waals surface area contributed by atoms with Gasteiger partial charge in [-0.25, -0.2) is 0 Å². The van der Waals surface area contributed by atoms with Gasteiger partial charge in [-0.15, -0.1) is 6.42 Å². The van der Waals surface area contributed by atoms with Crippen LogP contribution in [0.15, 0.2) is 18.3 Å². The number of pyridine rings is 1. The summed E-state index contributed by atoms with van der Waals surface area (Å²) in [5.41, 5.74) is 2.31. The smallest absolute Gasteiger partial charge is 0.0605 e. The van der Waals surface area contributed by atoms with E-state index in [1.807, 2.05) is 12.3 Å². The predicted molar refractivity (Wildman–Crippen MR) is 63.4 cm³/mol. The second-order valence-corrected chi connectivity index (χ2v) is 4.01. The average Bonchev–Trinajstić information content (AvgIpc) is 2.20. The lowest BCUT2D eigenvalue weighted by Gasteiger charge is -2.22. The molecule has 80 valence electrons. The third-order valence-corrected chi connectivity index (χ3v) is 2.44. The molecule has 0 fully saturated rings. The fourth-order valence-electron chi connectivity index (χ4n) is 1.64. The maximum Gasteiger partial charge on any atom is 0.0605 e. The highest BCUT2D eigenvalue weighted by Gasteiger charge is 2.17. The largest absolute Gasteiger partial charge is 0.298 e. The lowest BCUT2D eigenvalue weighted by Crippen LogP contribution is -2.27. The van der Waals surface area contributed by atoms with Crippen LogP contribution in [0, 0.1) is 25.2 Å². The van der Waals surface area contributed by atoms with Crippen molar-refractivity contribution in [3.63, 3.8) is 0 Å². The average molecular weight is 202 g/mol. The van der Waals surface area contributed by atoms with E-state index in [0.29, 0.717) is 12.5 Å². The summed E-state index contributed by atoms with van der Waals surface area (Å²) in [7, 11) is 0. The molecule has 0 saturated carbocycles. The highest BCUT2D eigenvalue weighted by molar-refractivity contribution is 5.21. The van der Waals surface area contributed by atoms with Crippen LogP contribution < -0.4 is 5.32 Å². The number of nitrogens with zero attached hydrogens (tertiary/aromatic N) is 1. The highest BCUT2D eigenvalue weighted by atomic mass is 14.9. The number of hydrogen-bond donors (Lipinski definition) is 1. The van der Waals surface area contributed by atoms with Crippen molar-refractivity contribution in [3.05, 3.63) is 29.6 Å². The first-order valence-electron chi connectivity index (χ1n) is 5.25. The number of aromatic nitrogens is 1. The highest BCUT2D eigenvalue weighted by Crippen LogP contribution is 2.21. The molecular weight excluding hydrogens is 184 g/mol. The van der Waals surface area contributed by atoms with Gasteiger partial charge in [-0.3, -0.25) is 10.3 Å². The van der Waals surface area contributed by atoms with E-state index >= 15 is 0 Å². The van der Waals surface area contributed by atoms with E-state index in [0.717, 1.165) is 5.69 Å². The van der Waals surface area contributed by atoms with Crippen molar-refractivity contribution >= 4 is 0 Å². The van der Waals surface area contributed by atoms with E-state index < -0.39 is 0 Å². The maximum absolute atomic E-state index is 5.26. The molecule has 0 aromatic carbocycles. The first kappa shape index (κ1) is 11.7. The summed E-state index contributed by atoms with van der Waals surface area (Å²) >= 11 is 0. The fourth-order valence-corrected chi connectivity index (χ4v) is 1.64. The summed E-state index contributed by atoms with van der Waals surface area (Å²) in [5.74, 6) is 3.08. The number of terminal acetylenes is 1. The molecule has 1 aromatic heterocycles. The van der Waals surface area contributed by atoms with Crippen LogP contribution in [-0.4, -0.2) is 11.5 Å². The molecule has 1 heterocycles. The first-order valence-corrected chi connectivity index (χ1v) is 5.25. The van der Waals surface area contributed by atoms with Crippen molar-refractivity contribution < 1.29 is 0 Å².